The Morgan fingerprint density at radius 3 is 1.41 bits per heavy atom. The van der Waals surface area contributed by atoms with E-state index in [2.05, 4.69) is 0 Å². The molecule has 9 aromatic rings. The highest BCUT2D eigenvalue weighted by Gasteiger charge is 2.19. The van der Waals surface area contributed by atoms with Gasteiger partial charge < -0.3 is 0 Å². The fourth-order valence-electron chi connectivity index (χ4n) is 5.89. The molecule has 9 aromatic carbocycles. The second-order valence-electron chi connectivity index (χ2n) is 10.2. The van der Waals surface area contributed by atoms with Crippen molar-refractivity contribution in [1.82, 2.24) is 0 Å². The Morgan fingerprint density at radius 2 is 0.783 bits per heavy atom. The van der Waals surface area contributed by atoms with Gasteiger partial charge >= 0.3 is 0 Å². The Labute approximate surface area is 302 Å². The number of hydrogen-bond acceptors (Lipinski definition) is 0. The smallest absolute Gasteiger partial charge is 0.0622 e. The molecule has 0 spiro atoms. The van der Waals surface area contributed by atoms with Crippen LogP contribution < -0.4 is 0 Å². The summed E-state index contributed by atoms with van der Waals surface area (Å²) in [6, 6.07) is -9.61. The summed E-state index contributed by atoms with van der Waals surface area (Å²) in [7, 11) is 0. The second-order valence-corrected chi connectivity index (χ2v) is 10.2. The van der Waals surface area contributed by atoms with Gasteiger partial charge in [-0.05, 0) is 99.7 Å². The average Bonchev–Trinajstić information content (AvgIpc) is 3.34. The summed E-state index contributed by atoms with van der Waals surface area (Å²) >= 11 is 0. The first-order chi connectivity index (χ1) is 32.8. The van der Waals surface area contributed by atoms with E-state index >= 15 is 0 Å². The minimum Gasteiger partial charge on any atom is -0.0622 e. The molecule has 9 rings (SSSR count). The van der Waals surface area contributed by atoms with Crippen molar-refractivity contribution < 1.29 is 32.9 Å². The number of fused-ring (bicyclic) bond motifs is 4. The minimum atomic E-state index is -0.828. The predicted molar refractivity (Wildman–Crippen MR) is 198 cm³/mol. The molecule has 0 bridgehead atoms. The van der Waals surface area contributed by atoms with E-state index in [4.69, 9.17) is 24.7 Å². The van der Waals surface area contributed by atoms with Gasteiger partial charge in [-0.3, -0.25) is 0 Å². The van der Waals surface area contributed by atoms with Gasteiger partial charge in [-0.2, -0.15) is 0 Å². The standard InChI is InChI=1S/C46H30/c1-3-15-31(16-4-1)44-30-34(29-33-19-7-8-20-35(33)44)36-27-28-43(38-22-10-9-21-37(36)38)46-41-25-13-11-23-39(41)45(32-17-5-2-6-18-32)40-24-12-14-26-42(40)46/h1-30H/i1D,2D,3D,4D,5D,6D,7D,8D,11D,12D,13D,14D,15D,16D,17D,18D,19D,20D,23D,24D,25D,26D,29D,30D. The van der Waals surface area contributed by atoms with Crippen LogP contribution in [0.2, 0.25) is 0 Å². The highest BCUT2D eigenvalue weighted by molar-refractivity contribution is 6.24. The van der Waals surface area contributed by atoms with E-state index in [0.29, 0.717) is 0 Å². The first kappa shape index (κ1) is 11.7. The molecule has 46 heavy (non-hydrogen) atoms. The van der Waals surface area contributed by atoms with Crippen LogP contribution >= 0.6 is 0 Å². The molecule has 0 aliphatic carbocycles. The lowest BCUT2D eigenvalue weighted by atomic mass is 9.83. The molecule has 0 heterocycles. The molecule has 0 aliphatic rings. The molecule has 0 amide bonds. The molecule has 0 radical (unpaired) electrons. The highest BCUT2D eigenvalue weighted by Crippen LogP contribution is 2.46. The van der Waals surface area contributed by atoms with E-state index in [1.807, 2.05) is 0 Å². The maximum absolute atomic E-state index is 9.76. The first-order valence-corrected chi connectivity index (χ1v) is 14.0. The largest absolute Gasteiger partial charge is 0.0636 e. The Balaban J connectivity index is 1.53. The summed E-state index contributed by atoms with van der Waals surface area (Å²) in [5, 5.41) is -2.20. The molecule has 0 aliphatic heterocycles. The molecule has 0 saturated carbocycles. The maximum Gasteiger partial charge on any atom is 0.0636 e. The zero-order chi connectivity index (χ0) is 51.3. The summed E-state index contributed by atoms with van der Waals surface area (Å²) < 4.78 is 213. The number of rotatable bonds is 4. The van der Waals surface area contributed by atoms with E-state index in [1.165, 1.54) is 24.3 Å². The summed E-state index contributed by atoms with van der Waals surface area (Å²) in [6.45, 7) is 0. The third kappa shape index (κ3) is 4.23. The van der Waals surface area contributed by atoms with E-state index < -0.39 is 189 Å². The van der Waals surface area contributed by atoms with Crippen LogP contribution in [0.4, 0.5) is 0 Å². The van der Waals surface area contributed by atoms with Crippen molar-refractivity contribution in [1.29, 1.82) is 0 Å². The van der Waals surface area contributed by atoms with Crippen LogP contribution in [0, 0.1) is 0 Å². The molecule has 0 aromatic heterocycles. The Kier molecular flexibility index (Phi) is 2.78. The van der Waals surface area contributed by atoms with Crippen LogP contribution in [0.5, 0.6) is 0 Å². The monoisotopic (exact) mass is 606 g/mol. The van der Waals surface area contributed by atoms with Crippen LogP contribution in [0.1, 0.15) is 32.9 Å². The molecule has 0 unspecified atom stereocenters. The maximum atomic E-state index is 9.76. The van der Waals surface area contributed by atoms with Crippen molar-refractivity contribution in [3.63, 3.8) is 0 Å². The molecule has 0 nitrogen and oxygen atoms in total. The lowest BCUT2D eigenvalue weighted by Crippen LogP contribution is -1.92. The Morgan fingerprint density at radius 1 is 0.304 bits per heavy atom. The zero-order valence-corrected chi connectivity index (χ0v) is 23.5. The normalized spacial score (nSPS) is 18.8. The van der Waals surface area contributed by atoms with Gasteiger partial charge in [0.2, 0.25) is 0 Å². The highest BCUT2D eigenvalue weighted by atomic mass is 14.2. The van der Waals surface area contributed by atoms with E-state index in [1.54, 1.807) is 12.1 Å². The minimum absolute atomic E-state index is 0.0189. The van der Waals surface area contributed by atoms with Gasteiger partial charge in [-0.25, -0.2) is 0 Å². The van der Waals surface area contributed by atoms with Gasteiger partial charge in [0.25, 0.3) is 0 Å². The van der Waals surface area contributed by atoms with Crippen molar-refractivity contribution in [2.75, 3.05) is 0 Å². The molecular formula is C46H30. The number of hydrogen-bond donors (Lipinski definition) is 0. The summed E-state index contributed by atoms with van der Waals surface area (Å²) in [6.07, 6.45) is 0. The fraction of sp³-hybridized carbons (Fsp3) is 0. The third-order valence-corrected chi connectivity index (χ3v) is 7.78. The van der Waals surface area contributed by atoms with Gasteiger partial charge in [-0.1, -0.05) is 169 Å². The summed E-state index contributed by atoms with van der Waals surface area (Å²) in [5.41, 5.74) is -2.61. The SMILES string of the molecule is [2H]c1c([2H])c([2H])c(-c2c([2H])c(-c3ccc(-c4c5c([2H])c([2H])c([2H])c([2H])c5c(-c5c([2H])c([2H])c([2H])c([2H])c5[2H])c5c([2H])c([2H])c([2H])c([2H])c45)c4ccccc34)c([2H])c3c([2H])c([2H])c([2H])c([2H])c23)c([2H])c1[2H]. The molecule has 214 valence electrons. The lowest BCUT2D eigenvalue weighted by Gasteiger charge is -2.20. The van der Waals surface area contributed by atoms with Crippen LogP contribution in [0.3, 0.4) is 0 Å². The second kappa shape index (κ2) is 10.9. The third-order valence-electron chi connectivity index (χ3n) is 7.78. The van der Waals surface area contributed by atoms with Gasteiger partial charge in [0.05, 0.1) is 32.9 Å². The van der Waals surface area contributed by atoms with Crippen LogP contribution in [-0.4, -0.2) is 0 Å². The van der Waals surface area contributed by atoms with Gasteiger partial charge in [-0.15, -0.1) is 0 Å². The topological polar surface area (TPSA) is 0 Å². The Hall–Kier alpha value is -5.98. The van der Waals surface area contributed by atoms with E-state index in [-0.39, 0.29) is 43.8 Å². The molecular weight excluding hydrogens is 553 g/mol. The molecule has 0 fully saturated rings. The lowest BCUT2D eigenvalue weighted by molar-refractivity contribution is 1.63. The predicted octanol–water partition coefficient (Wildman–Crippen LogP) is 13.0. The molecule has 0 saturated heterocycles. The zero-order valence-electron chi connectivity index (χ0n) is 47.5. The quantitative estimate of drug-likeness (QED) is 0.175. The molecule has 0 atom stereocenters. The van der Waals surface area contributed by atoms with Crippen LogP contribution in [-0.2, 0) is 0 Å². The first-order valence-electron chi connectivity index (χ1n) is 26.0. The fourth-order valence-corrected chi connectivity index (χ4v) is 5.89. The van der Waals surface area contributed by atoms with Gasteiger partial charge in [0.1, 0.15) is 0 Å². The van der Waals surface area contributed by atoms with Crippen LogP contribution in [0.15, 0.2) is 181 Å². The summed E-state index contributed by atoms with van der Waals surface area (Å²) in [5.74, 6) is 0. The van der Waals surface area contributed by atoms with Crippen molar-refractivity contribution in [2.24, 2.45) is 0 Å². The summed E-state index contributed by atoms with van der Waals surface area (Å²) in [4.78, 5) is 0. The van der Waals surface area contributed by atoms with Crippen molar-refractivity contribution >= 4 is 43.1 Å². The average molecular weight is 607 g/mol. The van der Waals surface area contributed by atoms with Crippen molar-refractivity contribution in [3.05, 3.63) is 181 Å². The van der Waals surface area contributed by atoms with Crippen LogP contribution in [0.25, 0.3) is 87.6 Å². The van der Waals surface area contributed by atoms with E-state index in [9.17, 15) is 8.22 Å². The van der Waals surface area contributed by atoms with Crippen molar-refractivity contribution in [2.45, 2.75) is 0 Å². The van der Waals surface area contributed by atoms with Gasteiger partial charge in [0.15, 0.2) is 0 Å². The van der Waals surface area contributed by atoms with E-state index in [0.717, 1.165) is 0 Å². The molecule has 0 heteroatoms. The molecule has 0 N–H and O–H groups in total. The van der Waals surface area contributed by atoms with Gasteiger partial charge in [0, 0.05) is 0 Å². The Bertz CT molecular complexity index is 3800. The number of benzene rings is 9. The van der Waals surface area contributed by atoms with Crippen molar-refractivity contribution in [3.8, 4) is 44.5 Å².